The molecule has 0 heterocycles. The fraction of sp³-hybridized carbons (Fsp3) is 0.167. The second kappa shape index (κ2) is 9.80. The number of carbonyl (C=O) groups excluding carboxylic acids is 1. The van der Waals surface area contributed by atoms with Crippen molar-refractivity contribution in [3.8, 4) is 17.6 Å². The molecule has 1 amide bonds. The summed E-state index contributed by atoms with van der Waals surface area (Å²) in [6.45, 7) is 0.359. The number of nitrogens with zero attached hydrogens (tertiary/aromatic N) is 2. The smallest absolute Gasteiger partial charge is 0.254 e. The Morgan fingerprint density at radius 2 is 2.08 bits per heavy atom. The molecule has 134 valence electrons. The summed E-state index contributed by atoms with van der Waals surface area (Å²) >= 11 is 9.31. The third-order valence-corrected chi connectivity index (χ3v) is 4.16. The summed E-state index contributed by atoms with van der Waals surface area (Å²) in [5, 5.41) is 12.9. The van der Waals surface area contributed by atoms with Crippen LogP contribution in [0.4, 0.5) is 0 Å². The van der Waals surface area contributed by atoms with Gasteiger partial charge in [0.05, 0.1) is 19.4 Å². The Morgan fingerprint density at radius 1 is 1.35 bits per heavy atom. The highest BCUT2D eigenvalue weighted by Crippen LogP contribution is 2.33. The second-order valence-corrected chi connectivity index (χ2v) is 6.36. The number of hydrogen-bond donors (Lipinski definition) is 1. The first-order valence-corrected chi connectivity index (χ1v) is 8.64. The third kappa shape index (κ3) is 5.76. The number of hydrogen-bond acceptors (Lipinski definition) is 5. The minimum atomic E-state index is -0.477. The maximum absolute atomic E-state index is 11.2. The number of nitriles is 1. The average molecular weight is 437 g/mol. The lowest BCUT2D eigenvalue weighted by atomic mass is 10.2. The highest BCUT2D eigenvalue weighted by Gasteiger charge is 2.10. The first kappa shape index (κ1) is 19.8. The van der Waals surface area contributed by atoms with Crippen LogP contribution in [0.1, 0.15) is 17.5 Å². The predicted molar refractivity (Wildman–Crippen MR) is 102 cm³/mol. The normalized spacial score (nSPS) is 10.4. The number of hydrazone groups is 1. The number of rotatable bonds is 7. The summed E-state index contributed by atoms with van der Waals surface area (Å²) in [7, 11) is 1.54. The highest BCUT2D eigenvalue weighted by molar-refractivity contribution is 9.10. The molecule has 26 heavy (non-hydrogen) atoms. The summed E-state index contributed by atoms with van der Waals surface area (Å²) in [5.74, 6) is 0.599. The van der Waals surface area contributed by atoms with Gasteiger partial charge in [-0.25, -0.2) is 5.43 Å². The van der Waals surface area contributed by atoms with Gasteiger partial charge in [-0.15, -0.1) is 0 Å². The van der Waals surface area contributed by atoms with Crippen LogP contribution >= 0.6 is 27.5 Å². The van der Waals surface area contributed by atoms with Crippen molar-refractivity contribution in [1.29, 1.82) is 5.26 Å². The van der Waals surface area contributed by atoms with E-state index >= 15 is 0 Å². The molecule has 0 atom stereocenters. The number of carbonyl (C=O) groups is 1. The molecule has 0 unspecified atom stereocenters. The zero-order valence-electron chi connectivity index (χ0n) is 13.8. The monoisotopic (exact) mass is 435 g/mol. The SMILES string of the molecule is COc1cc(/C=N/NC(=O)CC#N)c(Br)cc1OCc1ccc(Cl)cc1. The van der Waals surface area contributed by atoms with Crippen molar-refractivity contribution in [3.05, 3.63) is 57.0 Å². The molecule has 2 aromatic carbocycles. The molecule has 0 aliphatic heterocycles. The van der Waals surface area contributed by atoms with Crippen LogP contribution < -0.4 is 14.9 Å². The number of amides is 1. The molecule has 0 aliphatic rings. The molecule has 0 radical (unpaired) electrons. The Hall–Kier alpha value is -2.56. The lowest BCUT2D eigenvalue weighted by molar-refractivity contribution is -0.120. The van der Waals surface area contributed by atoms with Gasteiger partial charge < -0.3 is 9.47 Å². The van der Waals surface area contributed by atoms with Crippen LogP contribution in [-0.4, -0.2) is 19.2 Å². The van der Waals surface area contributed by atoms with Crippen LogP contribution in [0.2, 0.25) is 5.02 Å². The van der Waals surface area contributed by atoms with E-state index in [-0.39, 0.29) is 6.42 Å². The maximum atomic E-state index is 11.2. The number of benzene rings is 2. The molecule has 0 aromatic heterocycles. The molecule has 0 fully saturated rings. The van der Waals surface area contributed by atoms with Crippen molar-refractivity contribution < 1.29 is 14.3 Å². The lowest BCUT2D eigenvalue weighted by Gasteiger charge is -2.13. The van der Waals surface area contributed by atoms with Gasteiger partial charge in [0.2, 0.25) is 0 Å². The standard InChI is InChI=1S/C18H15BrClN3O3/c1-25-16-8-13(10-22-23-18(24)6-7-21)15(19)9-17(16)26-11-12-2-4-14(20)5-3-12/h2-5,8-10H,6,11H2,1H3,(H,23,24)/b22-10+. The zero-order chi connectivity index (χ0) is 18.9. The number of ether oxygens (including phenoxy) is 2. The van der Waals surface area contributed by atoms with E-state index < -0.39 is 5.91 Å². The Morgan fingerprint density at radius 3 is 2.73 bits per heavy atom. The van der Waals surface area contributed by atoms with Crippen molar-refractivity contribution in [2.45, 2.75) is 13.0 Å². The average Bonchev–Trinajstić information content (AvgIpc) is 2.63. The molecule has 0 spiro atoms. The maximum Gasteiger partial charge on any atom is 0.254 e. The van der Waals surface area contributed by atoms with Gasteiger partial charge in [0.15, 0.2) is 11.5 Å². The largest absolute Gasteiger partial charge is 0.493 e. The molecule has 8 heteroatoms. The number of halogens is 2. The lowest BCUT2D eigenvalue weighted by Crippen LogP contribution is -2.16. The van der Waals surface area contributed by atoms with Crippen molar-refractivity contribution in [1.82, 2.24) is 5.43 Å². The zero-order valence-corrected chi connectivity index (χ0v) is 16.2. The summed E-state index contributed by atoms with van der Waals surface area (Å²) in [6.07, 6.45) is 1.20. The summed E-state index contributed by atoms with van der Waals surface area (Å²) < 4.78 is 11.9. The van der Waals surface area contributed by atoms with Crippen molar-refractivity contribution in [3.63, 3.8) is 0 Å². The van der Waals surface area contributed by atoms with Crippen LogP contribution in [0, 0.1) is 11.3 Å². The van der Waals surface area contributed by atoms with Crippen LogP contribution in [0.25, 0.3) is 0 Å². The van der Waals surface area contributed by atoms with Crippen LogP contribution in [0.3, 0.4) is 0 Å². The Bertz CT molecular complexity index is 848. The molecule has 1 N–H and O–H groups in total. The molecular weight excluding hydrogens is 422 g/mol. The van der Waals surface area contributed by atoms with Crippen molar-refractivity contribution >= 4 is 39.7 Å². The van der Waals surface area contributed by atoms with Gasteiger partial charge in [0.1, 0.15) is 13.0 Å². The highest BCUT2D eigenvalue weighted by atomic mass is 79.9. The first-order chi connectivity index (χ1) is 12.5. The number of methoxy groups -OCH3 is 1. The predicted octanol–water partition coefficient (Wildman–Crippen LogP) is 4.05. The molecule has 0 saturated carbocycles. The van der Waals surface area contributed by atoms with E-state index in [2.05, 4.69) is 26.5 Å². The van der Waals surface area contributed by atoms with Crippen LogP contribution in [0.5, 0.6) is 11.5 Å². The molecule has 0 saturated heterocycles. The van der Waals surface area contributed by atoms with E-state index in [4.69, 9.17) is 26.3 Å². The summed E-state index contributed by atoms with van der Waals surface area (Å²) in [4.78, 5) is 11.2. The third-order valence-electron chi connectivity index (χ3n) is 3.22. The quantitative estimate of drug-likeness (QED) is 0.524. The fourth-order valence-corrected chi connectivity index (χ4v) is 2.50. The Labute approximate surface area is 164 Å². The molecule has 2 aromatic rings. The van der Waals surface area contributed by atoms with E-state index in [9.17, 15) is 4.79 Å². The second-order valence-electron chi connectivity index (χ2n) is 5.07. The Balaban J connectivity index is 2.10. The first-order valence-electron chi connectivity index (χ1n) is 7.47. The molecule has 0 bridgehead atoms. The summed E-state index contributed by atoms with van der Waals surface area (Å²) in [5.41, 5.74) is 3.92. The molecule has 6 nitrogen and oxygen atoms in total. The van der Waals surface area contributed by atoms with E-state index in [0.717, 1.165) is 5.56 Å². The minimum absolute atomic E-state index is 0.251. The topological polar surface area (TPSA) is 83.7 Å². The van der Waals surface area contributed by atoms with Gasteiger partial charge >= 0.3 is 0 Å². The van der Waals surface area contributed by atoms with E-state index in [1.165, 1.54) is 13.3 Å². The Kier molecular flexibility index (Phi) is 7.45. The number of nitrogens with one attached hydrogen (secondary N) is 1. The molecule has 0 aliphatic carbocycles. The minimum Gasteiger partial charge on any atom is -0.493 e. The van der Waals surface area contributed by atoms with Crippen LogP contribution in [0.15, 0.2) is 46.0 Å². The van der Waals surface area contributed by atoms with E-state index in [1.807, 2.05) is 12.1 Å². The van der Waals surface area contributed by atoms with E-state index in [1.54, 1.807) is 30.3 Å². The van der Waals surface area contributed by atoms with Crippen molar-refractivity contribution in [2.75, 3.05) is 7.11 Å². The van der Waals surface area contributed by atoms with Gasteiger partial charge in [-0.1, -0.05) is 23.7 Å². The van der Waals surface area contributed by atoms with Crippen LogP contribution in [-0.2, 0) is 11.4 Å². The van der Waals surface area contributed by atoms with Gasteiger partial charge in [-0.2, -0.15) is 10.4 Å². The van der Waals surface area contributed by atoms with Gasteiger partial charge in [0.25, 0.3) is 5.91 Å². The van der Waals surface area contributed by atoms with Gasteiger partial charge in [-0.05, 0) is 45.8 Å². The van der Waals surface area contributed by atoms with Crippen molar-refractivity contribution in [2.24, 2.45) is 5.10 Å². The molecule has 2 rings (SSSR count). The van der Waals surface area contributed by atoms with Gasteiger partial charge in [-0.3, -0.25) is 4.79 Å². The molecular formula is C18H15BrClN3O3. The van der Waals surface area contributed by atoms with Gasteiger partial charge in [0, 0.05) is 15.1 Å². The summed E-state index contributed by atoms with van der Waals surface area (Å²) in [6, 6.07) is 12.6. The fourth-order valence-electron chi connectivity index (χ4n) is 1.95. The van der Waals surface area contributed by atoms with E-state index in [0.29, 0.717) is 33.2 Å².